The van der Waals surface area contributed by atoms with Crippen LogP contribution in [-0.4, -0.2) is 72.9 Å². The van der Waals surface area contributed by atoms with Crippen molar-refractivity contribution in [3.8, 4) is 11.5 Å². The summed E-state index contributed by atoms with van der Waals surface area (Å²) in [5, 5.41) is 36.5. The van der Waals surface area contributed by atoms with E-state index in [4.69, 9.17) is 9.47 Å². The fraction of sp³-hybridized carbons (Fsp3) is 0.345. The molecule has 13 nitrogen and oxygen atoms in total. The predicted molar refractivity (Wildman–Crippen MR) is 157 cm³/mol. The first-order valence-electron chi connectivity index (χ1n) is 13.4. The van der Waals surface area contributed by atoms with Gasteiger partial charge in [0.1, 0.15) is 23.3 Å². The Balaban J connectivity index is 1.50. The number of amides is 1. The summed E-state index contributed by atoms with van der Waals surface area (Å²) in [5.74, 6) is -2.82. The monoisotopic (exact) mass is 676 g/mol. The Morgan fingerprint density at radius 3 is 2.57 bits per heavy atom. The van der Waals surface area contributed by atoms with E-state index in [0.29, 0.717) is 11.1 Å². The molecule has 0 radical (unpaired) electrons. The quantitative estimate of drug-likeness (QED) is 0.177. The Labute approximate surface area is 258 Å². The third-order valence-corrected chi connectivity index (χ3v) is 7.51. The molecule has 0 aliphatic carbocycles. The molecule has 15 heteroatoms. The molecule has 1 amide bonds. The zero-order valence-electron chi connectivity index (χ0n) is 23.6. The van der Waals surface area contributed by atoms with Crippen LogP contribution in [0.5, 0.6) is 11.5 Å². The van der Waals surface area contributed by atoms with Crippen molar-refractivity contribution >= 4 is 44.9 Å². The number of aromatic hydroxyl groups is 1. The number of ether oxygens (including phenoxy) is 2. The second kappa shape index (κ2) is 13.6. The van der Waals surface area contributed by atoms with E-state index >= 15 is 4.39 Å². The van der Waals surface area contributed by atoms with Gasteiger partial charge in [-0.15, -0.1) is 0 Å². The third-order valence-electron chi connectivity index (χ3n) is 6.93. The largest absolute Gasteiger partial charge is 0.506 e. The minimum atomic E-state index is -2.96. The van der Waals surface area contributed by atoms with Gasteiger partial charge in [0.05, 0.1) is 17.5 Å². The van der Waals surface area contributed by atoms with Gasteiger partial charge >= 0.3 is 5.69 Å². The summed E-state index contributed by atoms with van der Waals surface area (Å²) in [6, 6.07) is 13.7. The predicted octanol–water partition coefficient (Wildman–Crippen LogP) is 2.05. The van der Waals surface area contributed by atoms with Crippen LogP contribution < -0.4 is 21.1 Å². The van der Waals surface area contributed by atoms with Crippen LogP contribution in [0.2, 0.25) is 0 Å². The normalized spacial score (nSPS) is 21.8. The summed E-state index contributed by atoms with van der Waals surface area (Å²) < 4.78 is 27.2. The van der Waals surface area contributed by atoms with Gasteiger partial charge in [-0.1, -0.05) is 36.4 Å². The number of hydrogen-bond acceptors (Lipinski definition) is 11. The van der Waals surface area contributed by atoms with Gasteiger partial charge in [-0.3, -0.25) is 19.0 Å². The number of ketones is 2. The fourth-order valence-corrected chi connectivity index (χ4v) is 4.91. The zero-order chi connectivity index (χ0) is 32.2. The van der Waals surface area contributed by atoms with E-state index in [2.05, 4.69) is 31.5 Å². The lowest BCUT2D eigenvalue weighted by Crippen LogP contribution is -2.56. The zero-order valence-corrected chi connectivity index (χ0v) is 25.2. The highest BCUT2D eigenvalue weighted by Crippen LogP contribution is 2.42. The summed E-state index contributed by atoms with van der Waals surface area (Å²) in [4.78, 5) is 53.7. The van der Waals surface area contributed by atoms with E-state index in [1.54, 1.807) is 0 Å². The minimum absolute atomic E-state index is 0.0107. The van der Waals surface area contributed by atoms with Crippen molar-refractivity contribution in [1.82, 2.24) is 14.9 Å². The van der Waals surface area contributed by atoms with E-state index in [1.165, 1.54) is 18.2 Å². The third kappa shape index (κ3) is 6.80. The summed E-state index contributed by atoms with van der Waals surface area (Å²) in [6.45, 7) is 2.23. The number of hydrogen-bond donors (Lipinski definition) is 5. The molecular weight excluding hydrogens is 647 g/mol. The summed E-state index contributed by atoms with van der Waals surface area (Å²) in [6.07, 6.45) is -7.22. The number of aliphatic hydroxyl groups excluding tert-OH is 1. The van der Waals surface area contributed by atoms with Crippen molar-refractivity contribution in [3.63, 3.8) is 0 Å². The van der Waals surface area contributed by atoms with Gasteiger partial charge in [-0.2, -0.15) is 4.98 Å². The van der Waals surface area contributed by atoms with Crippen LogP contribution in [0.1, 0.15) is 32.1 Å². The van der Waals surface area contributed by atoms with Crippen molar-refractivity contribution in [2.45, 2.75) is 57.0 Å². The molecule has 2 heterocycles. The molecule has 0 spiro atoms. The van der Waals surface area contributed by atoms with Crippen molar-refractivity contribution in [3.05, 3.63) is 75.2 Å². The Kier molecular flexibility index (Phi) is 10.1. The molecule has 0 saturated carbocycles. The van der Waals surface area contributed by atoms with E-state index in [1.807, 2.05) is 30.3 Å². The maximum atomic E-state index is 15.5. The Morgan fingerprint density at radius 1 is 1.20 bits per heavy atom. The van der Waals surface area contributed by atoms with E-state index < -0.39 is 47.5 Å². The van der Waals surface area contributed by atoms with Gasteiger partial charge in [-0.25, -0.2) is 9.18 Å². The van der Waals surface area contributed by atoms with Gasteiger partial charge in [-0.05, 0) is 47.5 Å². The fourth-order valence-electron chi connectivity index (χ4n) is 4.50. The second-order valence-corrected chi connectivity index (χ2v) is 10.9. The summed E-state index contributed by atoms with van der Waals surface area (Å²) in [5.41, 5.74) is -3.11. The number of phenols is 1. The van der Waals surface area contributed by atoms with Gasteiger partial charge in [0, 0.05) is 12.7 Å². The van der Waals surface area contributed by atoms with Gasteiger partial charge in [0.15, 0.2) is 41.5 Å². The molecule has 44 heavy (non-hydrogen) atoms. The number of rotatable bonds is 12. The maximum Gasteiger partial charge on any atom is 0.351 e. The number of anilines is 2. The summed E-state index contributed by atoms with van der Waals surface area (Å²) >= 11 is 3.21. The average Bonchev–Trinajstić information content (AvgIpc) is 3.26. The summed E-state index contributed by atoms with van der Waals surface area (Å²) in [7, 11) is 0. The van der Waals surface area contributed by atoms with Crippen molar-refractivity contribution in [2.75, 3.05) is 11.9 Å². The number of alkyl halides is 1. The van der Waals surface area contributed by atoms with Gasteiger partial charge in [0.2, 0.25) is 5.91 Å². The lowest BCUT2D eigenvalue weighted by Gasteiger charge is -2.26. The highest BCUT2D eigenvalue weighted by atomic mass is 79.9. The lowest BCUT2D eigenvalue weighted by atomic mass is 9.86. The number of Topliss-reactive ketones (excluding diaryl/α,β-unsaturated/α-hetero) is 2. The second-order valence-electron chi connectivity index (χ2n) is 10.0. The molecule has 1 aromatic heterocycles. The first kappa shape index (κ1) is 32.7. The number of para-hydroxylation sites is 1. The maximum absolute atomic E-state index is 15.5. The molecule has 5 N–H and O–H groups in total. The minimum Gasteiger partial charge on any atom is -0.506 e. The van der Waals surface area contributed by atoms with Crippen molar-refractivity contribution < 1.29 is 43.6 Å². The molecule has 5 atom stereocenters. The molecule has 3 aromatic rings. The Morgan fingerprint density at radius 2 is 1.91 bits per heavy atom. The lowest BCUT2D eigenvalue weighted by molar-refractivity contribution is -0.158. The van der Waals surface area contributed by atoms with Crippen LogP contribution in [0.15, 0.2) is 64.0 Å². The molecule has 1 saturated heterocycles. The molecule has 1 aliphatic rings. The van der Waals surface area contributed by atoms with Crippen molar-refractivity contribution in [1.29, 1.82) is 0 Å². The van der Waals surface area contributed by atoms with Gasteiger partial charge < -0.3 is 35.4 Å². The van der Waals surface area contributed by atoms with Crippen LogP contribution in [-0.2, 0) is 25.7 Å². The van der Waals surface area contributed by atoms with Crippen LogP contribution >= 0.6 is 15.9 Å². The smallest absolute Gasteiger partial charge is 0.351 e. The molecule has 1 aliphatic heterocycles. The van der Waals surface area contributed by atoms with E-state index in [0.717, 1.165) is 25.6 Å². The average molecular weight is 677 g/mol. The molecule has 4 rings (SSSR count). The Hall–Kier alpha value is -4.18. The molecule has 2 aromatic carbocycles. The molecule has 1 fully saturated rings. The number of aromatic nitrogens is 2. The number of carbonyl (C=O) groups excluding carboxylic acids is 3. The number of aliphatic hydroxyl groups is 2. The Bertz CT molecular complexity index is 1600. The van der Waals surface area contributed by atoms with Gasteiger partial charge in [0.25, 0.3) is 0 Å². The molecular formula is C29H30BrFN4O9. The first-order chi connectivity index (χ1) is 20.8. The number of phenolic OH excluding ortho intramolecular Hbond substituents is 1. The number of nitrogens with zero attached hydrogens (tertiary/aromatic N) is 2. The van der Waals surface area contributed by atoms with Crippen LogP contribution in [0.25, 0.3) is 0 Å². The SMILES string of the molecule is CC(=O)[C@@]1(O)[C@@H](C(=O)C(C)O)O[C@@H](n2cc(Br)c(Nc3c(O)cccc3OCCC(=O)NCc3ccccc3)nc2=O)[C@@H]1F. The number of halogens is 2. The van der Waals surface area contributed by atoms with Crippen molar-refractivity contribution in [2.24, 2.45) is 0 Å². The van der Waals surface area contributed by atoms with E-state index in [-0.39, 0.29) is 46.4 Å². The topological polar surface area (TPSA) is 189 Å². The first-order valence-corrected chi connectivity index (χ1v) is 14.2. The standard InChI is InChI=1S/C29H30BrFN4O9/c1-15(36)23(40)25-29(42,16(2)37)24(31)27(44-25)35-14-18(30)26(34-28(35)41)33-22-19(38)9-6-10-20(22)43-12-11-21(39)32-13-17-7-4-3-5-8-17/h3-10,14-15,24-25,27,36,38,42H,11-13H2,1-2H3,(H,32,39)(H,33,34,41)/t15?,24-,25+,27+,29-/m0/s1. The van der Waals surface area contributed by atoms with Crippen LogP contribution in [0, 0.1) is 0 Å². The number of carbonyl (C=O) groups is 3. The van der Waals surface area contributed by atoms with E-state index in [9.17, 15) is 34.5 Å². The molecule has 0 bridgehead atoms. The number of benzene rings is 2. The highest BCUT2D eigenvalue weighted by Gasteiger charge is 2.63. The molecule has 234 valence electrons. The van der Waals surface area contributed by atoms with Crippen LogP contribution in [0.3, 0.4) is 0 Å². The highest BCUT2D eigenvalue weighted by molar-refractivity contribution is 9.10. The number of nitrogens with one attached hydrogen (secondary N) is 2. The van der Waals surface area contributed by atoms with Crippen LogP contribution in [0.4, 0.5) is 15.9 Å². The molecule has 1 unspecified atom stereocenters.